The molecule has 2 aliphatic carbocycles. The standard InChI is InChI=1S/C14H23N3S/c1-2-15-9-5-8-12-16-17-14(18-12)13-10-6-3-4-7-11(10)13/h10-11,13,15H,2-9H2,1H3. The third kappa shape index (κ3) is 2.59. The second kappa shape index (κ2) is 5.66. The first-order valence-corrected chi connectivity index (χ1v) is 8.24. The molecule has 100 valence electrons. The van der Waals surface area contributed by atoms with E-state index >= 15 is 0 Å². The van der Waals surface area contributed by atoms with Crippen LogP contribution < -0.4 is 5.32 Å². The molecule has 2 unspecified atom stereocenters. The Hall–Kier alpha value is -0.480. The number of nitrogens with zero attached hydrogens (tertiary/aromatic N) is 2. The van der Waals surface area contributed by atoms with Crippen LogP contribution in [0.4, 0.5) is 0 Å². The highest BCUT2D eigenvalue weighted by atomic mass is 32.1. The highest BCUT2D eigenvalue weighted by Gasteiger charge is 2.52. The van der Waals surface area contributed by atoms with Crippen LogP contribution in [0.2, 0.25) is 0 Å². The average Bonchev–Trinajstić information content (AvgIpc) is 2.96. The first-order chi connectivity index (χ1) is 8.90. The van der Waals surface area contributed by atoms with E-state index in [2.05, 4.69) is 22.4 Å². The van der Waals surface area contributed by atoms with E-state index in [9.17, 15) is 0 Å². The summed E-state index contributed by atoms with van der Waals surface area (Å²) in [4.78, 5) is 0. The molecule has 0 bridgehead atoms. The molecule has 0 aliphatic heterocycles. The Kier molecular flexibility index (Phi) is 3.94. The normalized spacial score (nSPS) is 30.2. The van der Waals surface area contributed by atoms with E-state index in [0.29, 0.717) is 0 Å². The fourth-order valence-electron chi connectivity index (χ4n) is 3.40. The van der Waals surface area contributed by atoms with Gasteiger partial charge in [0.15, 0.2) is 0 Å². The number of rotatable bonds is 6. The number of hydrogen-bond donors (Lipinski definition) is 1. The lowest BCUT2D eigenvalue weighted by atomic mass is 10.0. The molecule has 4 heteroatoms. The van der Waals surface area contributed by atoms with Crippen LogP contribution in [-0.2, 0) is 6.42 Å². The molecule has 1 heterocycles. The Bertz CT molecular complexity index is 378. The number of aryl methyl sites for hydroxylation is 1. The van der Waals surface area contributed by atoms with Crippen LogP contribution in [0.1, 0.15) is 55.0 Å². The second-order valence-electron chi connectivity index (χ2n) is 5.63. The molecule has 2 atom stereocenters. The quantitative estimate of drug-likeness (QED) is 0.804. The van der Waals surface area contributed by atoms with Gasteiger partial charge in [-0.05, 0) is 44.2 Å². The van der Waals surface area contributed by atoms with E-state index in [-0.39, 0.29) is 0 Å². The lowest BCUT2D eigenvalue weighted by Crippen LogP contribution is -2.14. The Balaban J connectivity index is 1.51. The predicted molar refractivity (Wildman–Crippen MR) is 75.0 cm³/mol. The Morgan fingerprint density at radius 3 is 2.72 bits per heavy atom. The van der Waals surface area contributed by atoms with Crippen LogP contribution in [0.25, 0.3) is 0 Å². The molecule has 18 heavy (non-hydrogen) atoms. The van der Waals surface area contributed by atoms with E-state index in [4.69, 9.17) is 0 Å². The molecule has 0 saturated heterocycles. The van der Waals surface area contributed by atoms with Gasteiger partial charge in [0, 0.05) is 12.3 Å². The molecule has 0 spiro atoms. The predicted octanol–water partition coefficient (Wildman–Crippen LogP) is 2.98. The van der Waals surface area contributed by atoms with Crippen LogP contribution in [0.15, 0.2) is 0 Å². The SMILES string of the molecule is CCNCCCc1nnc(C2C3CCCCC32)s1. The fourth-order valence-corrected chi connectivity index (χ4v) is 4.54. The van der Waals surface area contributed by atoms with Crippen molar-refractivity contribution in [1.82, 2.24) is 15.5 Å². The molecule has 0 radical (unpaired) electrons. The zero-order valence-corrected chi connectivity index (χ0v) is 12.0. The summed E-state index contributed by atoms with van der Waals surface area (Å²) in [6, 6.07) is 0. The van der Waals surface area contributed by atoms with Gasteiger partial charge in [0.05, 0.1) is 0 Å². The minimum atomic E-state index is 0.785. The van der Waals surface area contributed by atoms with Gasteiger partial charge in [-0.1, -0.05) is 19.8 Å². The minimum absolute atomic E-state index is 0.785. The van der Waals surface area contributed by atoms with Gasteiger partial charge in [-0.2, -0.15) is 0 Å². The molecule has 1 aromatic heterocycles. The highest BCUT2D eigenvalue weighted by molar-refractivity contribution is 7.11. The average molecular weight is 265 g/mol. The largest absolute Gasteiger partial charge is 0.317 e. The van der Waals surface area contributed by atoms with Gasteiger partial charge >= 0.3 is 0 Å². The molecule has 1 N–H and O–H groups in total. The number of aromatic nitrogens is 2. The van der Waals surface area contributed by atoms with E-state index in [0.717, 1.165) is 37.3 Å². The second-order valence-corrected chi connectivity index (χ2v) is 6.72. The molecule has 0 aromatic carbocycles. The van der Waals surface area contributed by atoms with Gasteiger partial charge in [-0.25, -0.2) is 0 Å². The summed E-state index contributed by atoms with van der Waals surface area (Å²) in [5, 5.41) is 14.8. The molecule has 2 saturated carbocycles. The monoisotopic (exact) mass is 265 g/mol. The summed E-state index contributed by atoms with van der Waals surface area (Å²) >= 11 is 1.88. The lowest BCUT2D eigenvalue weighted by molar-refractivity contribution is 0.480. The van der Waals surface area contributed by atoms with Gasteiger partial charge in [-0.15, -0.1) is 21.5 Å². The number of fused-ring (bicyclic) bond motifs is 1. The Morgan fingerprint density at radius 1 is 1.22 bits per heavy atom. The van der Waals surface area contributed by atoms with E-state index in [1.54, 1.807) is 0 Å². The number of nitrogens with one attached hydrogen (secondary N) is 1. The molecule has 0 amide bonds. The highest BCUT2D eigenvalue weighted by Crippen LogP contribution is 2.61. The van der Waals surface area contributed by atoms with E-state index in [1.807, 2.05) is 11.3 Å². The van der Waals surface area contributed by atoms with Crippen molar-refractivity contribution in [3.63, 3.8) is 0 Å². The third-order valence-corrected chi connectivity index (χ3v) is 5.50. The van der Waals surface area contributed by atoms with Gasteiger partial charge in [0.2, 0.25) is 0 Å². The summed E-state index contributed by atoms with van der Waals surface area (Å²) in [5.74, 6) is 2.70. The van der Waals surface area contributed by atoms with Crippen molar-refractivity contribution >= 4 is 11.3 Å². The summed E-state index contributed by atoms with van der Waals surface area (Å²) in [6.07, 6.45) is 8.01. The first kappa shape index (κ1) is 12.5. The Morgan fingerprint density at radius 2 is 2.00 bits per heavy atom. The molecular weight excluding hydrogens is 242 g/mol. The smallest absolute Gasteiger partial charge is 0.121 e. The fraction of sp³-hybridized carbons (Fsp3) is 0.857. The minimum Gasteiger partial charge on any atom is -0.317 e. The van der Waals surface area contributed by atoms with E-state index < -0.39 is 0 Å². The summed E-state index contributed by atoms with van der Waals surface area (Å²) in [6.45, 7) is 4.31. The van der Waals surface area contributed by atoms with Crippen molar-refractivity contribution < 1.29 is 0 Å². The first-order valence-electron chi connectivity index (χ1n) is 7.43. The summed E-state index contributed by atoms with van der Waals surface area (Å²) in [7, 11) is 0. The van der Waals surface area contributed by atoms with Gasteiger partial charge in [0.25, 0.3) is 0 Å². The van der Waals surface area contributed by atoms with Crippen molar-refractivity contribution in [3.05, 3.63) is 10.0 Å². The third-order valence-electron chi connectivity index (χ3n) is 4.42. The molecule has 1 aromatic rings. The van der Waals surface area contributed by atoms with Crippen LogP contribution in [0.5, 0.6) is 0 Å². The van der Waals surface area contributed by atoms with Crippen molar-refractivity contribution in [3.8, 4) is 0 Å². The molecule has 2 fully saturated rings. The molecule has 2 aliphatic rings. The van der Waals surface area contributed by atoms with E-state index in [1.165, 1.54) is 42.1 Å². The van der Waals surface area contributed by atoms with Crippen LogP contribution in [0, 0.1) is 11.8 Å². The van der Waals surface area contributed by atoms with Gasteiger partial charge in [-0.3, -0.25) is 0 Å². The topological polar surface area (TPSA) is 37.8 Å². The van der Waals surface area contributed by atoms with Gasteiger partial charge < -0.3 is 5.32 Å². The van der Waals surface area contributed by atoms with Crippen LogP contribution >= 0.6 is 11.3 Å². The van der Waals surface area contributed by atoms with Crippen molar-refractivity contribution in [2.75, 3.05) is 13.1 Å². The van der Waals surface area contributed by atoms with Crippen molar-refractivity contribution in [2.45, 2.75) is 51.4 Å². The zero-order valence-electron chi connectivity index (χ0n) is 11.2. The van der Waals surface area contributed by atoms with Gasteiger partial charge in [0.1, 0.15) is 10.0 Å². The molecule has 3 rings (SSSR count). The van der Waals surface area contributed by atoms with Crippen LogP contribution in [-0.4, -0.2) is 23.3 Å². The van der Waals surface area contributed by atoms with Crippen LogP contribution in [0.3, 0.4) is 0 Å². The molecule has 3 nitrogen and oxygen atoms in total. The number of hydrogen-bond acceptors (Lipinski definition) is 4. The Labute approximate surface area is 113 Å². The maximum absolute atomic E-state index is 4.45. The maximum Gasteiger partial charge on any atom is 0.121 e. The molecular formula is C14H23N3S. The lowest BCUT2D eigenvalue weighted by Gasteiger charge is -2.04. The summed E-state index contributed by atoms with van der Waals surface area (Å²) in [5.41, 5.74) is 0. The zero-order chi connectivity index (χ0) is 12.4. The van der Waals surface area contributed by atoms with Crippen molar-refractivity contribution in [2.24, 2.45) is 11.8 Å². The summed E-state index contributed by atoms with van der Waals surface area (Å²) < 4.78 is 0. The van der Waals surface area contributed by atoms with Crippen molar-refractivity contribution in [1.29, 1.82) is 0 Å². The maximum atomic E-state index is 4.45.